The number of likely N-dealkylation sites (N-methyl/N-ethyl adjacent to an activating group) is 1. The number of rotatable bonds is 8. The van der Waals surface area contributed by atoms with E-state index in [0.717, 1.165) is 29.0 Å². The van der Waals surface area contributed by atoms with Crippen LogP contribution in [0, 0.1) is 5.92 Å². The number of nitrogens with one attached hydrogen (secondary N) is 2. The molecule has 47 heavy (non-hydrogen) atoms. The molecule has 18 heteroatoms. The number of nitrogens with zero attached hydrogens (tertiary/aromatic N) is 2. The Morgan fingerprint density at radius 3 is 2.13 bits per heavy atom. The van der Waals surface area contributed by atoms with Gasteiger partial charge in [-0.15, -0.1) is 0 Å². The zero-order chi connectivity index (χ0) is 35.5. The molecule has 0 bridgehead atoms. The number of hydrogen-bond donors (Lipinski definition) is 4. The van der Waals surface area contributed by atoms with E-state index in [1.807, 2.05) is 49.5 Å². The van der Waals surface area contributed by atoms with Gasteiger partial charge in [0, 0.05) is 23.9 Å². The van der Waals surface area contributed by atoms with Crippen molar-refractivity contribution in [2.45, 2.75) is 25.7 Å². The number of anilines is 1. The van der Waals surface area contributed by atoms with Crippen LogP contribution < -0.4 is 14.8 Å². The Kier molecular flexibility index (Phi) is 13.3. The highest BCUT2D eigenvalue weighted by molar-refractivity contribution is 5.96. The van der Waals surface area contributed by atoms with Gasteiger partial charge < -0.3 is 29.9 Å². The first-order chi connectivity index (χ1) is 21.8. The highest BCUT2D eigenvalue weighted by Gasteiger charge is 2.39. The first-order valence-corrected chi connectivity index (χ1v) is 13.4. The van der Waals surface area contributed by atoms with Gasteiger partial charge in [-0.25, -0.2) is 9.59 Å². The number of carbonyl (C=O) groups is 4. The Balaban J connectivity index is 0.000000459. The summed E-state index contributed by atoms with van der Waals surface area (Å²) in [5.41, 5.74) is 3.96. The summed E-state index contributed by atoms with van der Waals surface area (Å²) >= 11 is 0. The molecule has 1 aromatic heterocycles. The van der Waals surface area contributed by atoms with Crippen LogP contribution in [0.4, 0.5) is 32.0 Å². The molecular formula is C29H30F6N4O8. The molecule has 0 fully saturated rings. The normalized spacial score (nSPS) is 13.9. The molecule has 1 atom stereocenters. The third-order valence-corrected chi connectivity index (χ3v) is 6.10. The zero-order valence-corrected chi connectivity index (χ0v) is 25.0. The molecule has 1 aliphatic heterocycles. The van der Waals surface area contributed by atoms with Crippen LogP contribution in [0.25, 0.3) is 11.1 Å². The molecule has 0 aliphatic carbocycles. The lowest BCUT2D eigenvalue weighted by Crippen LogP contribution is -2.33. The van der Waals surface area contributed by atoms with E-state index in [1.54, 1.807) is 18.3 Å². The van der Waals surface area contributed by atoms with Crippen molar-refractivity contribution in [2.24, 2.45) is 5.92 Å². The number of carboxylic acids is 2. The molecule has 2 heterocycles. The van der Waals surface area contributed by atoms with Gasteiger partial charge in [-0.05, 0) is 68.9 Å². The van der Waals surface area contributed by atoms with Crippen LogP contribution in [0.2, 0.25) is 0 Å². The molecule has 3 aromatic rings. The number of carboxylic acid groups (broad SMARTS) is 2. The first kappa shape index (κ1) is 38.1. The molecule has 1 unspecified atom stereocenters. The quantitative estimate of drug-likeness (QED) is 0.194. The van der Waals surface area contributed by atoms with Gasteiger partial charge >= 0.3 is 24.3 Å². The second-order valence-corrected chi connectivity index (χ2v) is 10.0. The van der Waals surface area contributed by atoms with Crippen LogP contribution in [0.15, 0.2) is 48.8 Å². The Labute approximate surface area is 263 Å². The Morgan fingerprint density at radius 1 is 1.00 bits per heavy atom. The minimum absolute atomic E-state index is 0.0124. The summed E-state index contributed by atoms with van der Waals surface area (Å²) in [4.78, 5) is 44.7. The van der Waals surface area contributed by atoms with E-state index in [2.05, 4.69) is 15.5 Å². The number of aromatic amines is 1. The Bertz CT molecular complexity index is 1520. The summed E-state index contributed by atoms with van der Waals surface area (Å²) < 4.78 is 75.3. The van der Waals surface area contributed by atoms with Crippen LogP contribution >= 0.6 is 0 Å². The highest BCUT2D eigenvalue weighted by Crippen LogP contribution is 2.33. The third kappa shape index (κ3) is 12.3. The smallest absolute Gasteiger partial charge is 0.490 e. The molecule has 256 valence electrons. The number of ether oxygens (including phenoxy) is 2. The molecule has 0 saturated carbocycles. The minimum atomic E-state index is -5.08. The van der Waals surface area contributed by atoms with Crippen molar-refractivity contribution < 1.29 is 65.2 Å². The topological polar surface area (TPSA) is 171 Å². The zero-order valence-electron chi connectivity index (χ0n) is 25.0. The summed E-state index contributed by atoms with van der Waals surface area (Å²) in [6.45, 7) is 3.04. The largest absolute Gasteiger partial charge is 0.492 e. The number of hydrogen-bond acceptors (Lipinski definition) is 8. The van der Waals surface area contributed by atoms with Gasteiger partial charge in [0.05, 0.1) is 17.8 Å². The van der Waals surface area contributed by atoms with E-state index in [1.165, 1.54) is 6.92 Å². The lowest BCUT2D eigenvalue weighted by Gasteiger charge is -2.25. The summed E-state index contributed by atoms with van der Waals surface area (Å²) in [5.74, 6) is -4.73. The fourth-order valence-electron chi connectivity index (χ4n) is 3.69. The van der Waals surface area contributed by atoms with Crippen molar-refractivity contribution in [3.8, 4) is 22.6 Å². The van der Waals surface area contributed by atoms with E-state index in [0.29, 0.717) is 30.0 Å². The Hall–Kier alpha value is -5.13. The lowest BCUT2D eigenvalue weighted by molar-refractivity contribution is -0.193. The van der Waals surface area contributed by atoms with E-state index >= 15 is 0 Å². The third-order valence-electron chi connectivity index (χ3n) is 6.10. The number of carbonyl (C=O) groups excluding carboxylic acids is 2. The molecule has 12 nitrogen and oxygen atoms in total. The molecule has 4 rings (SSSR count). The lowest BCUT2D eigenvalue weighted by atomic mass is 9.94. The number of halogens is 6. The number of amides is 1. The van der Waals surface area contributed by atoms with Gasteiger partial charge in [0.15, 0.2) is 5.78 Å². The van der Waals surface area contributed by atoms with E-state index in [4.69, 9.17) is 29.3 Å². The van der Waals surface area contributed by atoms with Gasteiger partial charge in [-0.2, -0.15) is 31.4 Å². The van der Waals surface area contributed by atoms with E-state index in [-0.39, 0.29) is 24.2 Å². The van der Waals surface area contributed by atoms with E-state index in [9.17, 15) is 35.9 Å². The number of alkyl halides is 6. The number of fused-ring (bicyclic) bond motifs is 1. The van der Waals surface area contributed by atoms with Gasteiger partial charge in [0.25, 0.3) is 0 Å². The van der Waals surface area contributed by atoms with Crippen LogP contribution in [0.1, 0.15) is 22.8 Å². The molecule has 4 N–H and O–H groups in total. The second-order valence-electron chi connectivity index (χ2n) is 10.0. The molecule has 0 saturated heterocycles. The number of benzene rings is 2. The van der Waals surface area contributed by atoms with Crippen LogP contribution in [0.3, 0.4) is 0 Å². The fraction of sp³-hybridized carbons (Fsp3) is 0.345. The second kappa shape index (κ2) is 16.4. The van der Waals surface area contributed by atoms with Gasteiger partial charge in [-0.1, -0.05) is 6.07 Å². The number of H-pyrrole nitrogens is 1. The van der Waals surface area contributed by atoms with Crippen LogP contribution in [-0.4, -0.2) is 95.1 Å². The molecular weight excluding hydrogens is 646 g/mol. The maximum atomic E-state index is 13.1. The predicted octanol–water partition coefficient (Wildman–Crippen LogP) is 4.68. The maximum absolute atomic E-state index is 13.1. The standard InChI is InChI=1S/C25H28N4O4.2C2HF3O2/c1-16(30)17-5-7-23-19(10-17)11-20(15-33-23)25(31)28-22-6-4-18(21-13-26-27-14-21)12-24(22)32-9-8-29(2)3;2*3-2(4,5)1(6)7/h4-7,10,12-14,20H,8-9,11,15H2,1-3H3,(H,26,27)(H,28,31);2*(H,6,7). The SMILES string of the molecule is CC(=O)c1ccc2c(c1)CC(C(=O)Nc1ccc(-c3cn[nH]c3)cc1OCCN(C)C)CO2.O=C(O)C(F)(F)F.O=C(O)C(F)(F)F. The highest BCUT2D eigenvalue weighted by atomic mass is 19.4. The summed E-state index contributed by atoms with van der Waals surface area (Å²) in [5, 5.41) is 24.1. The number of aliphatic carboxylic acids is 2. The van der Waals surface area contributed by atoms with Crippen molar-refractivity contribution >= 4 is 29.3 Å². The molecule has 0 radical (unpaired) electrons. The summed E-state index contributed by atoms with van der Waals surface area (Å²) in [6.07, 6.45) is -6.11. The van der Waals surface area contributed by atoms with Crippen molar-refractivity contribution in [3.63, 3.8) is 0 Å². The first-order valence-electron chi connectivity index (χ1n) is 13.4. The predicted molar refractivity (Wildman–Crippen MR) is 153 cm³/mol. The summed E-state index contributed by atoms with van der Waals surface area (Å²) in [7, 11) is 3.96. The van der Waals surface area contributed by atoms with E-state index < -0.39 is 24.3 Å². The van der Waals surface area contributed by atoms with Crippen molar-refractivity contribution in [1.29, 1.82) is 0 Å². The van der Waals surface area contributed by atoms with Crippen molar-refractivity contribution in [3.05, 3.63) is 59.9 Å². The summed E-state index contributed by atoms with van der Waals surface area (Å²) in [6, 6.07) is 11.0. The van der Waals surface area contributed by atoms with Gasteiger partial charge in [0.1, 0.15) is 24.7 Å². The Morgan fingerprint density at radius 2 is 1.62 bits per heavy atom. The molecule has 1 amide bonds. The number of ketones is 1. The molecule has 1 aliphatic rings. The fourth-order valence-corrected chi connectivity index (χ4v) is 3.69. The molecule has 2 aromatic carbocycles. The van der Waals surface area contributed by atoms with Crippen molar-refractivity contribution in [2.75, 3.05) is 39.2 Å². The van der Waals surface area contributed by atoms with Gasteiger partial charge in [-0.3, -0.25) is 14.7 Å². The average Bonchev–Trinajstić information content (AvgIpc) is 3.52. The van der Waals surface area contributed by atoms with Crippen LogP contribution in [0.5, 0.6) is 11.5 Å². The number of Topliss-reactive ketones (excluding diaryl/α,β-unsaturated/α-hetero) is 1. The average molecular weight is 677 g/mol. The number of aromatic nitrogens is 2. The van der Waals surface area contributed by atoms with Gasteiger partial charge in [0.2, 0.25) is 5.91 Å². The monoisotopic (exact) mass is 676 g/mol. The maximum Gasteiger partial charge on any atom is 0.490 e. The van der Waals surface area contributed by atoms with Crippen LogP contribution in [-0.2, 0) is 20.8 Å². The van der Waals surface area contributed by atoms with Crippen molar-refractivity contribution in [1.82, 2.24) is 15.1 Å². The minimum Gasteiger partial charge on any atom is -0.492 e. The molecule has 0 spiro atoms.